The second-order valence-corrected chi connectivity index (χ2v) is 9.26. The molecule has 170 valence electrons. The molecule has 2 aromatic heterocycles. The molecule has 5 rings (SSSR count). The fraction of sp³-hybridized carbons (Fsp3) is 0.600. The third-order valence-electron chi connectivity index (χ3n) is 7.16. The molecule has 2 aromatic rings. The number of anilines is 1. The Morgan fingerprint density at radius 2 is 1.75 bits per heavy atom. The average Bonchev–Trinajstić information content (AvgIpc) is 2.89. The smallest absolute Gasteiger partial charge is 0.225 e. The molecule has 2 aliphatic heterocycles. The van der Waals surface area contributed by atoms with Crippen molar-refractivity contribution in [1.82, 2.24) is 19.9 Å². The number of morpholine rings is 1. The number of carbonyl (C=O) groups is 1. The largest absolute Gasteiger partial charge is 0.378 e. The number of pyridine rings is 1. The van der Waals surface area contributed by atoms with Crippen LogP contribution in [0.1, 0.15) is 56.6 Å². The second kappa shape index (κ2) is 9.94. The summed E-state index contributed by atoms with van der Waals surface area (Å²) in [6, 6.07) is 4.04. The normalized spacial score (nSPS) is 22.7. The van der Waals surface area contributed by atoms with Crippen molar-refractivity contribution in [3.63, 3.8) is 0 Å². The van der Waals surface area contributed by atoms with E-state index in [0.29, 0.717) is 19.1 Å². The fourth-order valence-corrected chi connectivity index (χ4v) is 5.37. The molecule has 0 unspecified atom stereocenters. The second-order valence-electron chi connectivity index (χ2n) is 9.26. The lowest BCUT2D eigenvalue weighted by atomic mass is 9.86. The molecule has 0 N–H and O–H groups in total. The fourth-order valence-electron chi connectivity index (χ4n) is 5.37. The van der Waals surface area contributed by atoms with Gasteiger partial charge in [-0.1, -0.05) is 19.3 Å². The number of piperidine rings is 1. The Hall–Kier alpha value is -2.54. The topological polar surface area (TPSA) is 71.5 Å². The minimum Gasteiger partial charge on any atom is -0.378 e. The molecule has 2 saturated heterocycles. The average molecular weight is 436 g/mol. The number of hydrogen-bond acceptors (Lipinski definition) is 6. The van der Waals surface area contributed by atoms with E-state index in [-0.39, 0.29) is 11.8 Å². The number of likely N-dealkylation sites (tertiary alicyclic amines) is 1. The van der Waals surface area contributed by atoms with Crippen LogP contribution in [0.3, 0.4) is 0 Å². The number of ether oxygens (including phenoxy) is 1. The Bertz CT molecular complexity index is 910. The molecule has 0 spiro atoms. The van der Waals surface area contributed by atoms with E-state index in [1.807, 2.05) is 30.7 Å². The number of aromatic nitrogens is 3. The molecule has 1 aliphatic carbocycles. The summed E-state index contributed by atoms with van der Waals surface area (Å²) >= 11 is 0. The monoisotopic (exact) mass is 435 g/mol. The van der Waals surface area contributed by atoms with Crippen molar-refractivity contribution in [3.05, 3.63) is 36.4 Å². The maximum Gasteiger partial charge on any atom is 0.225 e. The number of carbonyl (C=O) groups excluding carboxylic acids is 1. The number of hydrogen-bond donors (Lipinski definition) is 0. The van der Waals surface area contributed by atoms with E-state index in [4.69, 9.17) is 14.7 Å². The molecular formula is C25H33N5O2. The first-order valence-electron chi connectivity index (χ1n) is 12.2. The molecule has 3 aliphatic rings. The SMILES string of the molecule is O=C(C1CCCCC1)N1CCC[C@H](c2nc(N3CCOCC3)ncc2-c2ccncc2)C1. The van der Waals surface area contributed by atoms with E-state index in [0.717, 1.165) is 74.6 Å². The van der Waals surface area contributed by atoms with Crippen molar-refractivity contribution < 1.29 is 9.53 Å². The zero-order valence-corrected chi connectivity index (χ0v) is 18.8. The molecule has 3 fully saturated rings. The van der Waals surface area contributed by atoms with Crippen LogP contribution < -0.4 is 4.90 Å². The summed E-state index contributed by atoms with van der Waals surface area (Å²) < 4.78 is 5.51. The first-order valence-corrected chi connectivity index (χ1v) is 12.2. The summed E-state index contributed by atoms with van der Waals surface area (Å²) in [6.45, 7) is 4.66. The van der Waals surface area contributed by atoms with Crippen LogP contribution in [0.25, 0.3) is 11.1 Å². The van der Waals surface area contributed by atoms with E-state index in [9.17, 15) is 4.79 Å². The molecule has 0 bridgehead atoms. The van der Waals surface area contributed by atoms with Crippen molar-refractivity contribution >= 4 is 11.9 Å². The summed E-state index contributed by atoms with van der Waals surface area (Å²) in [4.78, 5) is 31.6. The van der Waals surface area contributed by atoms with Gasteiger partial charge in [0.15, 0.2) is 0 Å². The lowest BCUT2D eigenvalue weighted by molar-refractivity contribution is -0.137. The highest BCUT2D eigenvalue weighted by atomic mass is 16.5. The van der Waals surface area contributed by atoms with Crippen LogP contribution in [-0.4, -0.2) is 65.2 Å². The quantitative estimate of drug-likeness (QED) is 0.730. The summed E-state index contributed by atoms with van der Waals surface area (Å²) in [5.74, 6) is 1.58. The minimum atomic E-state index is 0.219. The molecule has 1 atom stereocenters. The Morgan fingerprint density at radius 1 is 0.969 bits per heavy atom. The number of nitrogens with zero attached hydrogens (tertiary/aromatic N) is 5. The Balaban J connectivity index is 1.43. The van der Waals surface area contributed by atoms with Crippen molar-refractivity contribution in [3.8, 4) is 11.1 Å². The van der Waals surface area contributed by atoms with Crippen LogP contribution in [0.5, 0.6) is 0 Å². The van der Waals surface area contributed by atoms with E-state index in [1.54, 1.807) is 0 Å². The molecule has 1 saturated carbocycles. The zero-order chi connectivity index (χ0) is 21.8. The standard InChI is InChI=1S/C25H33N5O2/c31-24(20-5-2-1-3-6-20)30-12-4-7-21(18-30)23-22(19-8-10-26-11-9-19)17-27-25(28-23)29-13-15-32-16-14-29/h8-11,17,20-21H,1-7,12-16,18H2/t21-/m0/s1. The minimum absolute atomic E-state index is 0.219. The highest BCUT2D eigenvalue weighted by molar-refractivity contribution is 5.79. The summed E-state index contributed by atoms with van der Waals surface area (Å²) in [5.41, 5.74) is 3.20. The van der Waals surface area contributed by atoms with E-state index >= 15 is 0 Å². The van der Waals surface area contributed by atoms with E-state index in [1.165, 1.54) is 19.3 Å². The van der Waals surface area contributed by atoms with Gasteiger partial charge >= 0.3 is 0 Å². The molecule has 4 heterocycles. The summed E-state index contributed by atoms with van der Waals surface area (Å²) in [7, 11) is 0. The van der Waals surface area contributed by atoms with Gasteiger partial charge in [0.25, 0.3) is 0 Å². The van der Waals surface area contributed by atoms with Crippen molar-refractivity contribution in [2.75, 3.05) is 44.3 Å². The zero-order valence-electron chi connectivity index (χ0n) is 18.8. The maximum absolute atomic E-state index is 13.3. The van der Waals surface area contributed by atoms with E-state index in [2.05, 4.69) is 14.8 Å². The number of rotatable bonds is 4. The Labute approximate surface area is 190 Å². The molecule has 0 radical (unpaired) electrons. The van der Waals surface area contributed by atoms with Gasteiger partial charge in [-0.25, -0.2) is 9.97 Å². The summed E-state index contributed by atoms with van der Waals surface area (Å²) in [6.07, 6.45) is 13.4. The van der Waals surface area contributed by atoms with Gasteiger partial charge in [-0.05, 0) is 43.4 Å². The summed E-state index contributed by atoms with van der Waals surface area (Å²) in [5, 5.41) is 0. The molecule has 0 aromatic carbocycles. The predicted octanol–water partition coefficient (Wildman–Crippen LogP) is 3.66. The van der Waals surface area contributed by atoms with Crippen LogP contribution >= 0.6 is 0 Å². The molecule has 1 amide bonds. The van der Waals surface area contributed by atoms with Gasteiger partial charge in [0.2, 0.25) is 11.9 Å². The maximum atomic E-state index is 13.3. The van der Waals surface area contributed by atoms with Crippen LogP contribution in [0.15, 0.2) is 30.7 Å². The lowest BCUT2D eigenvalue weighted by Crippen LogP contribution is -2.43. The van der Waals surface area contributed by atoms with Crippen molar-refractivity contribution in [2.45, 2.75) is 50.9 Å². The van der Waals surface area contributed by atoms with Gasteiger partial charge < -0.3 is 14.5 Å². The highest BCUT2D eigenvalue weighted by Gasteiger charge is 2.32. The third-order valence-corrected chi connectivity index (χ3v) is 7.16. The molecule has 7 nitrogen and oxygen atoms in total. The molecular weight excluding hydrogens is 402 g/mol. The lowest BCUT2D eigenvalue weighted by Gasteiger charge is -2.36. The third kappa shape index (κ3) is 4.63. The Morgan fingerprint density at radius 3 is 2.53 bits per heavy atom. The predicted molar refractivity (Wildman–Crippen MR) is 123 cm³/mol. The first-order chi connectivity index (χ1) is 15.8. The Kier molecular flexibility index (Phi) is 6.62. The van der Waals surface area contributed by atoms with Crippen molar-refractivity contribution in [2.24, 2.45) is 5.92 Å². The number of amides is 1. The van der Waals surface area contributed by atoms with Crippen LogP contribution in [0.2, 0.25) is 0 Å². The van der Waals surface area contributed by atoms with Crippen molar-refractivity contribution in [1.29, 1.82) is 0 Å². The van der Waals surface area contributed by atoms with Crippen LogP contribution in [-0.2, 0) is 9.53 Å². The molecule has 32 heavy (non-hydrogen) atoms. The van der Waals surface area contributed by atoms with Gasteiger partial charge in [-0.15, -0.1) is 0 Å². The molecule has 7 heteroatoms. The first kappa shape index (κ1) is 21.3. The van der Waals surface area contributed by atoms with Gasteiger partial charge in [0, 0.05) is 62.2 Å². The highest BCUT2D eigenvalue weighted by Crippen LogP contribution is 2.35. The van der Waals surface area contributed by atoms with Gasteiger partial charge in [0.05, 0.1) is 18.9 Å². The van der Waals surface area contributed by atoms with Crippen LogP contribution in [0.4, 0.5) is 5.95 Å². The van der Waals surface area contributed by atoms with E-state index < -0.39 is 0 Å². The van der Waals surface area contributed by atoms with Gasteiger partial charge in [-0.3, -0.25) is 9.78 Å². The van der Waals surface area contributed by atoms with Gasteiger partial charge in [0.1, 0.15) is 0 Å². The van der Waals surface area contributed by atoms with Gasteiger partial charge in [-0.2, -0.15) is 0 Å². The van der Waals surface area contributed by atoms with Crippen LogP contribution in [0, 0.1) is 5.92 Å².